The molecular formula is C20H17BrF3N3O4. The van der Waals surface area contributed by atoms with Crippen LogP contribution < -0.4 is 15.4 Å². The highest BCUT2D eigenvalue weighted by molar-refractivity contribution is 9.09. The zero-order chi connectivity index (χ0) is 23.2. The van der Waals surface area contributed by atoms with E-state index >= 15 is 0 Å². The summed E-state index contributed by atoms with van der Waals surface area (Å²) in [4.78, 5) is 26.5. The Hall–Kier alpha value is -3.10. The number of anilines is 2. The van der Waals surface area contributed by atoms with Crippen molar-refractivity contribution in [3.05, 3.63) is 59.4 Å². The number of carbonyl (C=O) groups is 2. The van der Waals surface area contributed by atoms with E-state index in [0.29, 0.717) is 17.5 Å². The van der Waals surface area contributed by atoms with Crippen LogP contribution in [-0.4, -0.2) is 34.5 Å². The van der Waals surface area contributed by atoms with Crippen LogP contribution in [0.5, 0.6) is 5.75 Å². The van der Waals surface area contributed by atoms with Crippen LogP contribution in [0.15, 0.2) is 42.5 Å². The highest BCUT2D eigenvalue weighted by Gasteiger charge is 2.35. The number of hydrogen-bond acceptors (Lipinski definition) is 4. The molecule has 0 saturated heterocycles. The van der Waals surface area contributed by atoms with Crippen molar-refractivity contribution in [2.75, 3.05) is 22.6 Å². The molecule has 0 spiro atoms. The molecule has 0 saturated carbocycles. The predicted octanol–water partition coefficient (Wildman–Crippen LogP) is 4.36. The van der Waals surface area contributed by atoms with Crippen molar-refractivity contribution in [1.82, 2.24) is 0 Å². The molecule has 7 nitrogen and oxygen atoms in total. The number of carbonyl (C=O) groups excluding carboxylic acids is 2. The minimum atomic E-state index is -4.77. The van der Waals surface area contributed by atoms with Gasteiger partial charge in [-0.25, -0.2) is 4.85 Å². The van der Waals surface area contributed by atoms with Gasteiger partial charge in [-0.15, -0.1) is 0 Å². The minimum Gasteiger partial charge on any atom is -0.490 e. The average Bonchev–Trinajstić information content (AvgIpc) is 2.72. The molecule has 0 radical (unpaired) electrons. The second-order valence-electron chi connectivity index (χ2n) is 6.56. The summed E-state index contributed by atoms with van der Waals surface area (Å²) in [6.07, 6.45) is -4.77. The topological polar surface area (TPSA) is 92.0 Å². The number of hydrogen-bond donors (Lipinski definition) is 3. The Kier molecular flexibility index (Phi) is 7.65. The zero-order valence-corrected chi connectivity index (χ0v) is 17.7. The molecule has 2 aromatic carbocycles. The van der Waals surface area contributed by atoms with E-state index in [4.69, 9.17) is 11.3 Å². The lowest BCUT2D eigenvalue weighted by atomic mass is 10.1. The SMILES string of the molecule is [C-]#[N+]c1ccc(NC(=O)[C@@](C)(O)COc2ccc(NC(=O)CBr)cc2)cc1C(F)(F)F. The van der Waals surface area contributed by atoms with E-state index in [2.05, 4.69) is 31.4 Å². The number of rotatable bonds is 7. The monoisotopic (exact) mass is 499 g/mol. The van der Waals surface area contributed by atoms with E-state index in [1.54, 1.807) is 12.1 Å². The van der Waals surface area contributed by atoms with Crippen molar-refractivity contribution < 1.29 is 32.6 Å². The number of aliphatic hydroxyl groups is 1. The van der Waals surface area contributed by atoms with Gasteiger partial charge in [0.05, 0.1) is 17.5 Å². The van der Waals surface area contributed by atoms with Gasteiger partial charge in [0.2, 0.25) is 5.91 Å². The van der Waals surface area contributed by atoms with E-state index in [0.717, 1.165) is 19.1 Å². The summed E-state index contributed by atoms with van der Waals surface area (Å²) < 4.78 is 44.6. The quantitative estimate of drug-likeness (QED) is 0.389. The van der Waals surface area contributed by atoms with Crippen molar-refractivity contribution in [2.24, 2.45) is 0 Å². The van der Waals surface area contributed by atoms with E-state index in [-0.39, 0.29) is 16.9 Å². The van der Waals surface area contributed by atoms with Crippen LogP contribution in [0.25, 0.3) is 4.85 Å². The van der Waals surface area contributed by atoms with Crippen LogP contribution in [0.4, 0.5) is 30.2 Å². The fourth-order valence-electron chi connectivity index (χ4n) is 2.32. The molecule has 3 N–H and O–H groups in total. The number of nitrogens with zero attached hydrogens (tertiary/aromatic N) is 1. The summed E-state index contributed by atoms with van der Waals surface area (Å²) >= 11 is 3.02. The number of benzene rings is 2. The number of amides is 2. The van der Waals surface area contributed by atoms with Gasteiger partial charge in [0.1, 0.15) is 12.4 Å². The second-order valence-corrected chi connectivity index (χ2v) is 7.13. The Bertz CT molecular complexity index is 1000. The largest absolute Gasteiger partial charge is 0.490 e. The van der Waals surface area contributed by atoms with Gasteiger partial charge < -0.3 is 20.5 Å². The number of alkyl halides is 4. The van der Waals surface area contributed by atoms with Gasteiger partial charge in [-0.05, 0) is 43.3 Å². The molecular weight excluding hydrogens is 483 g/mol. The summed E-state index contributed by atoms with van der Waals surface area (Å²) in [5, 5.41) is 15.3. The van der Waals surface area contributed by atoms with E-state index < -0.39 is 35.5 Å². The smallest absolute Gasteiger partial charge is 0.407 e. The van der Waals surface area contributed by atoms with Crippen LogP contribution in [0, 0.1) is 6.57 Å². The first kappa shape index (κ1) is 24.2. The van der Waals surface area contributed by atoms with Crippen LogP contribution in [-0.2, 0) is 15.8 Å². The molecule has 0 aliphatic heterocycles. The summed E-state index contributed by atoms with van der Waals surface area (Å²) in [7, 11) is 0. The van der Waals surface area contributed by atoms with Crippen molar-refractivity contribution >= 4 is 44.8 Å². The molecule has 2 amide bonds. The highest BCUT2D eigenvalue weighted by Crippen LogP contribution is 2.38. The molecule has 2 aromatic rings. The Labute approximate surface area is 184 Å². The van der Waals surface area contributed by atoms with Crippen molar-refractivity contribution in [1.29, 1.82) is 0 Å². The van der Waals surface area contributed by atoms with Gasteiger partial charge in [0.25, 0.3) is 5.91 Å². The van der Waals surface area contributed by atoms with Crippen molar-refractivity contribution in [3.63, 3.8) is 0 Å². The van der Waals surface area contributed by atoms with Crippen LogP contribution in [0.3, 0.4) is 0 Å². The number of halogens is 4. The molecule has 0 bridgehead atoms. The maximum absolute atomic E-state index is 13.1. The van der Waals surface area contributed by atoms with Gasteiger partial charge in [0.15, 0.2) is 11.3 Å². The van der Waals surface area contributed by atoms with Gasteiger partial charge >= 0.3 is 6.18 Å². The number of nitrogens with one attached hydrogen (secondary N) is 2. The minimum absolute atomic E-state index is 0.133. The molecule has 0 heterocycles. The fraction of sp³-hybridized carbons (Fsp3) is 0.250. The molecule has 31 heavy (non-hydrogen) atoms. The normalized spacial score (nSPS) is 12.9. The maximum atomic E-state index is 13.1. The van der Waals surface area contributed by atoms with Gasteiger partial charge in [-0.3, -0.25) is 9.59 Å². The fourth-order valence-corrected chi connectivity index (χ4v) is 2.46. The van der Waals surface area contributed by atoms with Crippen LogP contribution in [0.1, 0.15) is 12.5 Å². The number of ether oxygens (including phenoxy) is 1. The summed E-state index contributed by atoms with van der Waals surface area (Å²) in [6.45, 7) is 7.48. The Morgan fingerprint density at radius 1 is 1.13 bits per heavy atom. The highest BCUT2D eigenvalue weighted by atomic mass is 79.9. The summed E-state index contributed by atoms with van der Waals surface area (Å²) in [5.74, 6) is -0.936. The van der Waals surface area contributed by atoms with E-state index in [1.165, 1.54) is 12.1 Å². The first-order valence-electron chi connectivity index (χ1n) is 8.67. The average molecular weight is 500 g/mol. The Balaban J connectivity index is 2.03. The standard InChI is InChI=1S/C20H17BrF3N3O4/c1-19(30,11-31-14-6-3-12(4-7-14)26-17(28)10-21)18(29)27-13-5-8-16(25-2)15(9-13)20(22,23)24/h3-9,30H,10-11H2,1H3,(H,26,28)(H,27,29)/t19-/m0/s1. The summed E-state index contributed by atoms with van der Waals surface area (Å²) in [5.41, 5.74) is -3.57. The second kappa shape index (κ2) is 9.80. The molecule has 0 aliphatic rings. The predicted molar refractivity (Wildman–Crippen MR) is 111 cm³/mol. The molecule has 0 aliphatic carbocycles. The summed E-state index contributed by atoms with van der Waals surface area (Å²) in [6, 6.07) is 8.84. The zero-order valence-electron chi connectivity index (χ0n) is 16.1. The van der Waals surface area contributed by atoms with Crippen LogP contribution in [0.2, 0.25) is 0 Å². The third-order valence-electron chi connectivity index (χ3n) is 3.95. The van der Waals surface area contributed by atoms with Gasteiger partial charge in [-0.1, -0.05) is 22.0 Å². The first-order valence-corrected chi connectivity index (χ1v) is 9.79. The molecule has 1 atom stereocenters. The van der Waals surface area contributed by atoms with Crippen LogP contribution >= 0.6 is 15.9 Å². The van der Waals surface area contributed by atoms with Crippen molar-refractivity contribution in [3.8, 4) is 5.75 Å². The van der Waals surface area contributed by atoms with Gasteiger partial charge in [0, 0.05) is 11.4 Å². The van der Waals surface area contributed by atoms with E-state index in [9.17, 15) is 27.9 Å². The lowest BCUT2D eigenvalue weighted by Gasteiger charge is -2.23. The Morgan fingerprint density at radius 2 is 1.74 bits per heavy atom. The molecule has 164 valence electrons. The Morgan fingerprint density at radius 3 is 2.29 bits per heavy atom. The van der Waals surface area contributed by atoms with Crippen molar-refractivity contribution in [2.45, 2.75) is 18.7 Å². The van der Waals surface area contributed by atoms with E-state index in [1.807, 2.05) is 0 Å². The lowest BCUT2D eigenvalue weighted by molar-refractivity contribution is -0.137. The third-order valence-corrected chi connectivity index (χ3v) is 4.46. The molecule has 11 heteroatoms. The molecule has 0 unspecified atom stereocenters. The first-order chi connectivity index (χ1) is 14.5. The third kappa shape index (κ3) is 6.70. The molecule has 2 rings (SSSR count). The molecule has 0 aromatic heterocycles. The lowest BCUT2D eigenvalue weighted by Crippen LogP contribution is -2.45. The van der Waals surface area contributed by atoms with Gasteiger partial charge in [-0.2, -0.15) is 13.2 Å². The molecule has 0 fully saturated rings. The maximum Gasteiger partial charge on any atom is 0.407 e.